The van der Waals surface area contributed by atoms with Crippen molar-refractivity contribution in [3.8, 4) is 0 Å². The summed E-state index contributed by atoms with van der Waals surface area (Å²) >= 11 is 0. The van der Waals surface area contributed by atoms with E-state index >= 15 is 0 Å². The van der Waals surface area contributed by atoms with Gasteiger partial charge < -0.3 is 4.43 Å². The molecule has 0 N–H and O–H groups in total. The van der Waals surface area contributed by atoms with Crippen LogP contribution in [0.2, 0.25) is 12.6 Å². The first-order valence-electron chi connectivity index (χ1n) is 8.63. The monoisotopic (exact) mass is 341 g/mol. The van der Waals surface area contributed by atoms with E-state index in [2.05, 4.69) is 11.4 Å². The smallest absolute Gasteiger partial charge is 0.330 e. The van der Waals surface area contributed by atoms with Crippen molar-refractivity contribution in [1.82, 2.24) is 19.6 Å². The molecule has 2 saturated heterocycles. The van der Waals surface area contributed by atoms with Crippen LogP contribution in [-0.2, 0) is 4.43 Å². The van der Waals surface area contributed by atoms with Crippen LogP contribution in [0.4, 0.5) is 9.59 Å². The Morgan fingerprint density at radius 2 is 1.87 bits per heavy atom. The highest BCUT2D eigenvalue weighted by molar-refractivity contribution is 6.50. The van der Waals surface area contributed by atoms with Gasteiger partial charge in [0.15, 0.2) is 6.29 Å². The third kappa shape index (κ3) is 3.69. The zero-order valence-electron chi connectivity index (χ0n) is 14.7. The van der Waals surface area contributed by atoms with Gasteiger partial charge in [-0.1, -0.05) is 0 Å². The Bertz CT molecular complexity index is 437. The molecule has 0 spiro atoms. The van der Waals surface area contributed by atoms with Crippen molar-refractivity contribution in [2.75, 3.05) is 39.3 Å². The van der Waals surface area contributed by atoms with Gasteiger partial charge in [0.2, 0.25) is 9.04 Å². The molecule has 131 valence electrons. The largest absolute Gasteiger partial charge is 0.417 e. The minimum atomic E-state index is -0.709. The maximum absolute atomic E-state index is 12.5. The van der Waals surface area contributed by atoms with E-state index in [0.717, 1.165) is 32.2 Å². The molecule has 4 amide bonds. The SMILES string of the molecule is CCO[Si](C)CCCN1CCN2C(=O)N(CC)C(=O)N(CC)C12. The highest BCUT2D eigenvalue weighted by Crippen LogP contribution is 2.26. The third-order valence-electron chi connectivity index (χ3n) is 4.49. The summed E-state index contributed by atoms with van der Waals surface area (Å²) in [6.07, 6.45) is 0.842. The summed E-state index contributed by atoms with van der Waals surface area (Å²) in [5, 5.41) is 0. The number of rotatable bonds is 8. The number of carbonyl (C=O) groups is 2. The predicted molar refractivity (Wildman–Crippen MR) is 90.3 cm³/mol. The molecule has 0 aromatic rings. The number of urea groups is 2. The maximum atomic E-state index is 12.5. The molecule has 0 bridgehead atoms. The van der Waals surface area contributed by atoms with Crippen LogP contribution in [0.25, 0.3) is 0 Å². The van der Waals surface area contributed by atoms with Crippen LogP contribution < -0.4 is 0 Å². The van der Waals surface area contributed by atoms with Crippen LogP contribution in [0.3, 0.4) is 0 Å². The molecule has 2 aliphatic heterocycles. The average molecular weight is 342 g/mol. The lowest BCUT2D eigenvalue weighted by atomic mass is 10.3. The number of fused-ring (bicyclic) bond motifs is 1. The van der Waals surface area contributed by atoms with Gasteiger partial charge in [-0.3, -0.25) is 14.7 Å². The van der Waals surface area contributed by atoms with E-state index < -0.39 is 9.04 Å². The molecule has 0 aromatic carbocycles. The van der Waals surface area contributed by atoms with Crippen molar-refractivity contribution in [2.45, 2.75) is 46.1 Å². The first-order valence-corrected chi connectivity index (χ1v) is 10.7. The third-order valence-corrected chi connectivity index (χ3v) is 6.33. The molecule has 1 radical (unpaired) electrons. The highest BCUT2D eigenvalue weighted by Gasteiger charge is 2.48. The molecule has 0 saturated carbocycles. The Labute approximate surface area is 140 Å². The van der Waals surface area contributed by atoms with Gasteiger partial charge in [0.05, 0.1) is 0 Å². The van der Waals surface area contributed by atoms with Crippen LogP contribution in [0.5, 0.6) is 0 Å². The number of imide groups is 1. The topological polar surface area (TPSA) is 56.3 Å². The van der Waals surface area contributed by atoms with Crippen molar-refractivity contribution in [1.29, 1.82) is 0 Å². The molecule has 2 fully saturated rings. The Kier molecular flexibility index (Phi) is 6.43. The first kappa shape index (κ1) is 18.2. The fourth-order valence-corrected chi connectivity index (χ4v) is 4.65. The highest BCUT2D eigenvalue weighted by atomic mass is 28.3. The molecule has 1 atom stereocenters. The van der Waals surface area contributed by atoms with Gasteiger partial charge in [0.25, 0.3) is 0 Å². The first-order chi connectivity index (χ1) is 11.0. The van der Waals surface area contributed by atoms with Crippen molar-refractivity contribution < 1.29 is 14.0 Å². The van der Waals surface area contributed by atoms with Crippen LogP contribution in [-0.4, -0.2) is 86.3 Å². The lowest BCUT2D eigenvalue weighted by Crippen LogP contribution is -2.67. The second-order valence-electron chi connectivity index (χ2n) is 5.91. The van der Waals surface area contributed by atoms with Crippen LogP contribution in [0, 0.1) is 0 Å². The summed E-state index contributed by atoms with van der Waals surface area (Å²) in [4.78, 5) is 32.2. The van der Waals surface area contributed by atoms with Gasteiger partial charge >= 0.3 is 12.1 Å². The van der Waals surface area contributed by atoms with Crippen molar-refractivity contribution in [2.24, 2.45) is 0 Å². The Morgan fingerprint density at radius 1 is 1.13 bits per heavy atom. The number of hydrogen-bond donors (Lipinski definition) is 0. The van der Waals surface area contributed by atoms with E-state index in [1.165, 1.54) is 4.90 Å². The summed E-state index contributed by atoms with van der Waals surface area (Å²) in [5.74, 6) is 0. The molecular formula is C15H29N4O3Si. The van der Waals surface area contributed by atoms with Crippen molar-refractivity contribution in [3.05, 3.63) is 0 Å². The zero-order valence-corrected chi connectivity index (χ0v) is 15.7. The lowest BCUT2D eigenvalue weighted by Gasteiger charge is -2.45. The summed E-state index contributed by atoms with van der Waals surface area (Å²) in [7, 11) is -0.709. The number of hydrogen-bond acceptors (Lipinski definition) is 4. The number of amides is 4. The minimum Gasteiger partial charge on any atom is -0.417 e. The quantitative estimate of drug-likeness (QED) is 0.632. The molecule has 1 unspecified atom stereocenters. The van der Waals surface area contributed by atoms with Gasteiger partial charge in [-0.2, -0.15) is 0 Å². The fourth-order valence-electron chi connectivity index (χ4n) is 3.36. The Hall–Kier alpha value is -1.12. The molecule has 2 heterocycles. The minimum absolute atomic E-state index is 0.149. The van der Waals surface area contributed by atoms with Crippen LogP contribution in [0.15, 0.2) is 0 Å². The second-order valence-corrected chi connectivity index (χ2v) is 8.10. The summed E-state index contributed by atoms with van der Waals surface area (Å²) in [5.41, 5.74) is 0. The van der Waals surface area contributed by atoms with Gasteiger partial charge in [-0.15, -0.1) is 0 Å². The van der Waals surface area contributed by atoms with E-state index in [4.69, 9.17) is 4.43 Å². The lowest BCUT2D eigenvalue weighted by molar-refractivity contribution is -0.00657. The molecule has 7 nitrogen and oxygen atoms in total. The predicted octanol–water partition coefficient (Wildman–Crippen LogP) is 1.83. The van der Waals surface area contributed by atoms with Gasteiger partial charge in [-0.05, 0) is 39.8 Å². The molecule has 2 rings (SSSR count). The summed E-state index contributed by atoms with van der Waals surface area (Å²) < 4.78 is 5.67. The van der Waals surface area contributed by atoms with Gasteiger partial charge in [0.1, 0.15) is 0 Å². The average Bonchev–Trinajstić information content (AvgIpc) is 2.93. The fraction of sp³-hybridized carbons (Fsp3) is 0.867. The molecule has 2 aliphatic rings. The normalized spacial score (nSPS) is 22.5. The van der Waals surface area contributed by atoms with E-state index in [1.807, 2.05) is 25.7 Å². The molecule has 23 heavy (non-hydrogen) atoms. The molecule has 0 aliphatic carbocycles. The summed E-state index contributed by atoms with van der Waals surface area (Å²) in [6, 6.07) is 0.781. The standard InChI is InChI=1S/C15H29N4O3Si/c1-5-17-13-16(9-8-12-23(4)22-7-3)10-11-19(13)15(21)18(6-2)14(17)20/h13H,5-12H2,1-4H3. The van der Waals surface area contributed by atoms with E-state index in [-0.39, 0.29) is 18.4 Å². The van der Waals surface area contributed by atoms with Crippen LogP contribution in [0.1, 0.15) is 27.2 Å². The van der Waals surface area contributed by atoms with Crippen molar-refractivity contribution >= 4 is 21.1 Å². The van der Waals surface area contributed by atoms with Gasteiger partial charge in [0, 0.05) is 39.3 Å². The van der Waals surface area contributed by atoms with E-state index in [1.54, 1.807) is 4.90 Å². The summed E-state index contributed by atoms with van der Waals surface area (Å²) in [6.45, 7) is 12.3. The zero-order chi connectivity index (χ0) is 17.0. The van der Waals surface area contributed by atoms with Crippen molar-refractivity contribution in [3.63, 3.8) is 0 Å². The maximum Gasteiger partial charge on any atom is 0.330 e. The van der Waals surface area contributed by atoms with E-state index in [9.17, 15) is 9.59 Å². The number of carbonyl (C=O) groups excluding carboxylic acids is 2. The molecule has 0 aromatic heterocycles. The molecule has 8 heteroatoms. The molecular weight excluding hydrogens is 312 g/mol. The van der Waals surface area contributed by atoms with Crippen LogP contribution >= 0.6 is 0 Å². The van der Waals surface area contributed by atoms with Gasteiger partial charge in [-0.25, -0.2) is 14.5 Å². The Morgan fingerprint density at radius 3 is 2.48 bits per heavy atom. The van der Waals surface area contributed by atoms with E-state index in [0.29, 0.717) is 19.6 Å². The number of nitrogens with zero attached hydrogens (tertiary/aromatic N) is 4. The Balaban J connectivity index is 1.99. The second kappa shape index (κ2) is 8.12.